The molecule has 0 fully saturated rings. The Balaban J connectivity index is 2.34. The van der Waals surface area contributed by atoms with Gasteiger partial charge < -0.3 is 10.6 Å². The van der Waals surface area contributed by atoms with Crippen LogP contribution in [-0.2, 0) is 6.54 Å². The first kappa shape index (κ1) is 11.5. The smallest absolute Gasteiger partial charge is 0.315 e. The molecule has 0 bridgehead atoms. The summed E-state index contributed by atoms with van der Waals surface area (Å²) in [6.07, 6.45) is 0. The van der Waals surface area contributed by atoms with Gasteiger partial charge in [0.25, 0.3) is 0 Å². The first-order valence-electron chi connectivity index (χ1n) is 4.36. The van der Waals surface area contributed by atoms with Crippen molar-refractivity contribution in [2.45, 2.75) is 26.4 Å². The van der Waals surface area contributed by atoms with E-state index in [1.165, 1.54) is 0 Å². The lowest BCUT2D eigenvalue weighted by atomic mass is 10.3. The highest BCUT2D eigenvalue weighted by Crippen LogP contribution is 2.22. The Bertz CT molecular complexity index is 312. The molecule has 1 aromatic heterocycles. The van der Waals surface area contributed by atoms with Gasteiger partial charge in [-0.1, -0.05) is 0 Å². The molecule has 0 spiro atoms. The van der Waals surface area contributed by atoms with E-state index in [1.54, 1.807) is 11.3 Å². The van der Waals surface area contributed by atoms with Gasteiger partial charge in [-0.2, -0.15) is 0 Å². The second kappa shape index (κ2) is 5.36. The van der Waals surface area contributed by atoms with Crippen LogP contribution in [0.2, 0.25) is 0 Å². The van der Waals surface area contributed by atoms with Gasteiger partial charge in [0.1, 0.15) is 0 Å². The lowest BCUT2D eigenvalue weighted by Gasteiger charge is -2.09. The monoisotopic (exact) mass is 276 g/mol. The number of nitrogens with one attached hydrogen (secondary N) is 2. The highest BCUT2D eigenvalue weighted by molar-refractivity contribution is 9.11. The molecule has 0 saturated heterocycles. The molecular weight excluding hydrogens is 264 g/mol. The summed E-state index contributed by atoms with van der Waals surface area (Å²) in [7, 11) is 0. The quantitative estimate of drug-likeness (QED) is 0.876. The Kier molecular flexibility index (Phi) is 4.41. The zero-order valence-corrected chi connectivity index (χ0v) is 10.5. The second-order valence-corrected chi connectivity index (χ2v) is 5.44. The zero-order chi connectivity index (χ0) is 10.6. The van der Waals surface area contributed by atoms with Crippen LogP contribution in [-0.4, -0.2) is 12.1 Å². The molecule has 0 aliphatic heterocycles. The van der Waals surface area contributed by atoms with Crippen LogP contribution >= 0.6 is 27.3 Å². The van der Waals surface area contributed by atoms with E-state index in [-0.39, 0.29) is 12.1 Å². The third-order valence-corrected chi connectivity index (χ3v) is 3.36. The molecule has 5 heteroatoms. The summed E-state index contributed by atoms with van der Waals surface area (Å²) in [6.45, 7) is 4.42. The van der Waals surface area contributed by atoms with E-state index in [0.29, 0.717) is 6.54 Å². The molecule has 14 heavy (non-hydrogen) atoms. The molecule has 0 radical (unpaired) electrons. The first-order valence-corrected chi connectivity index (χ1v) is 6.03. The summed E-state index contributed by atoms with van der Waals surface area (Å²) in [6, 6.07) is 2.03. The van der Waals surface area contributed by atoms with E-state index in [4.69, 9.17) is 0 Å². The van der Waals surface area contributed by atoms with Crippen LogP contribution in [0.4, 0.5) is 4.79 Å². The van der Waals surface area contributed by atoms with Crippen molar-refractivity contribution in [3.05, 3.63) is 20.8 Å². The second-order valence-electron chi connectivity index (χ2n) is 3.20. The zero-order valence-electron chi connectivity index (χ0n) is 8.13. The fourth-order valence-corrected chi connectivity index (χ4v) is 2.17. The number of hydrogen-bond donors (Lipinski definition) is 2. The lowest BCUT2D eigenvalue weighted by molar-refractivity contribution is 0.238. The Morgan fingerprint density at radius 3 is 2.86 bits per heavy atom. The largest absolute Gasteiger partial charge is 0.336 e. The Morgan fingerprint density at radius 1 is 1.64 bits per heavy atom. The fraction of sp³-hybridized carbons (Fsp3) is 0.444. The normalized spacial score (nSPS) is 10.3. The molecule has 1 heterocycles. The van der Waals surface area contributed by atoms with E-state index in [2.05, 4.69) is 26.6 Å². The molecule has 0 aromatic carbocycles. The van der Waals surface area contributed by atoms with Crippen LogP contribution in [0.5, 0.6) is 0 Å². The maximum absolute atomic E-state index is 11.2. The molecule has 0 saturated carbocycles. The fourth-order valence-electron chi connectivity index (χ4n) is 0.934. The van der Waals surface area contributed by atoms with E-state index in [0.717, 1.165) is 9.35 Å². The van der Waals surface area contributed by atoms with Crippen LogP contribution < -0.4 is 10.6 Å². The van der Waals surface area contributed by atoms with Crippen LogP contribution in [0.3, 0.4) is 0 Å². The molecular formula is C9H13BrN2OS. The molecule has 0 unspecified atom stereocenters. The van der Waals surface area contributed by atoms with Gasteiger partial charge in [-0.3, -0.25) is 0 Å². The summed E-state index contributed by atoms with van der Waals surface area (Å²) in [5.41, 5.74) is 1.11. The highest BCUT2D eigenvalue weighted by Gasteiger charge is 2.04. The number of hydrogen-bond acceptors (Lipinski definition) is 2. The van der Waals surface area contributed by atoms with Crippen molar-refractivity contribution >= 4 is 33.3 Å². The minimum atomic E-state index is -0.127. The van der Waals surface area contributed by atoms with E-state index < -0.39 is 0 Å². The average Bonchev–Trinajstić information content (AvgIpc) is 2.46. The highest BCUT2D eigenvalue weighted by atomic mass is 79.9. The van der Waals surface area contributed by atoms with E-state index >= 15 is 0 Å². The molecule has 2 N–H and O–H groups in total. The number of carbonyl (C=O) groups excluding carboxylic acids is 1. The van der Waals surface area contributed by atoms with Gasteiger partial charge in [0, 0.05) is 12.6 Å². The molecule has 0 aliphatic carbocycles. The van der Waals surface area contributed by atoms with E-state index in [9.17, 15) is 4.79 Å². The van der Waals surface area contributed by atoms with Gasteiger partial charge in [0.15, 0.2) is 0 Å². The molecule has 78 valence electrons. The van der Waals surface area contributed by atoms with Crippen LogP contribution in [0.15, 0.2) is 15.2 Å². The standard InChI is InChI=1S/C9H13BrN2OS/c1-6(2)12-9(13)11-5-7-3-4-14-8(7)10/h3-4,6H,5H2,1-2H3,(H2,11,12,13). The molecule has 0 aliphatic rings. The van der Waals surface area contributed by atoms with Crippen molar-refractivity contribution in [3.63, 3.8) is 0 Å². The number of rotatable bonds is 3. The summed E-state index contributed by atoms with van der Waals surface area (Å²) in [4.78, 5) is 11.2. The molecule has 1 rings (SSSR count). The summed E-state index contributed by atoms with van der Waals surface area (Å²) >= 11 is 5.03. The third-order valence-electron chi connectivity index (χ3n) is 1.55. The molecule has 2 amide bonds. The Hall–Kier alpha value is -0.550. The SMILES string of the molecule is CC(C)NC(=O)NCc1ccsc1Br. The summed E-state index contributed by atoms with van der Waals surface area (Å²) < 4.78 is 1.07. The van der Waals surface area contributed by atoms with Crippen LogP contribution in [0.25, 0.3) is 0 Å². The van der Waals surface area contributed by atoms with Crippen molar-refractivity contribution in [2.75, 3.05) is 0 Å². The van der Waals surface area contributed by atoms with Crippen molar-refractivity contribution < 1.29 is 4.79 Å². The predicted octanol–water partition coefficient (Wildman–Crippen LogP) is 2.72. The number of halogens is 1. The van der Waals surface area contributed by atoms with Gasteiger partial charge >= 0.3 is 6.03 Å². The topological polar surface area (TPSA) is 41.1 Å². The van der Waals surface area contributed by atoms with Crippen LogP contribution in [0.1, 0.15) is 19.4 Å². The van der Waals surface area contributed by atoms with Gasteiger partial charge in [-0.05, 0) is 46.8 Å². The third kappa shape index (κ3) is 3.67. The lowest BCUT2D eigenvalue weighted by Crippen LogP contribution is -2.38. The number of urea groups is 1. The van der Waals surface area contributed by atoms with Crippen molar-refractivity contribution in [3.8, 4) is 0 Å². The van der Waals surface area contributed by atoms with E-state index in [1.807, 2.05) is 25.3 Å². The number of carbonyl (C=O) groups is 1. The summed E-state index contributed by atoms with van der Waals surface area (Å²) in [5.74, 6) is 0. The number of amides is 2. The minimum Gasteiger partial charge on any atom is -0.336 e. The van der Waals surface area contributed by atoms with Gasteiger partial charge in [-0.15, -0.1) is 11.3 Å². The Labute approximate surface area is 96.0 Å². The van der Waals surface area contributed by atoms with Gasteiger partial charge in [0.2, 0.25) is 0 Å². The first-order chi connectivity index (χ1) is 6.59. The predicted molar refractivity (Wildman–Crippen MR) is 62.5 cm³/mol. The molecule has 0 atom stereocenters. The Morgan fingerprint density at radius 2 is 2.36 bits per heavy atom. The average molecular weight is 277 g/mol. The molecule has 3 nitrogen and oxygen atoms in total. The van der Waals surface area contributed by atoms with Crippen molar-refractivity contribution in [1.29, 1.82) is 0 Å². The van der Waals surface area contributed by atoms with Crippen molar-refractivity contribution in [2.24, 2.45) is 0 Å². The van der Waals surface area contributed by atoms with Crippen LogP contribution in [0, 0.1) is 0 Å². The minimum absolute atomic E-state index is 0.127. The number of thiophene rings is 1. The van der Waals surface area contributed by atoms with Gasteiger partial charge in [-0.25, -0.2) is 4.79 Å². The van der Waals surface area contributed by atoms with Gasteiger partial charge in [0.05, 0.1) is 3.79 Å². The summed E-state index contributed by atoms with van der Waals surface area (Å²) in [5, 5.41) is 7.53. The van der Waals surface area contributed by atoms with Crippen molar-refractivity contribution in [1.82, 2.24) is 10.6 Å². The maximum Gasteiger partial charge on any atom is 0.315 e. The maximum atomic E-state index is 11.2. The molecule has 1 aromatic rings.